The summed E-state index contributed by atoms with van der Waals surface area (Å²) in [5.74, 6) is 5.99. The topological polar surface area (TPSA) is 12.5 Å². The van der Waals surface area contributed by atoms with Crippen LogP contribution < -0.4 is 4.74 Å². The first-order valence-electron chi connectivity index (χ1n) is 6.76. The minimum Gasteiger partial charge on any atom is -0.494 e. The highest BCUT2D eigenvalue weighted by Gasteiger charge is 2.02. The first-order valence-corrected chi connectivity index (χ1v) is 6.76. The highest BCUT2D eigenvalue weighted by Crippen LogP contribution is 2.16. The molecule has 1 rings (SSSR count). The van der Waals surface area contributed by atoms with E-state index in [-0.39, 0.29) is 11.6 Å². The van der Waals surface area contributed by atoms with E-state index in [1.54, 1.807) is 12.1 Å². The molecule has 2 nitrogen and oxygen atoms in total. The molecule has 0 spiro atoms. The lowest BCUT2D eigenvalue weighted by atomic mass is 10.2. The van der Waals surface area contributed by atoms with Gasteiger partial charge in [0, 0.05) is 5.56 Å². The number of nitrogens with zero attached hydrogens (tertiary/aromatic N) is 1. The molecule has 1 aromatic rings. The minimum absolute atomic E-state index is 0.254. The zero-order valence-electron chi connectivity index (χ0n) is 12.0. The molecule has 0 aromatic heterocycles. The van der Waals surface area contributed by atoms with Gasteiger partial charge in [0.2, 0.25) is 0 Å². The molecule has 0 aliphatic heterocycles. The summed E-state index contributed by atoms with van der Waals surface area (Å²) in [6.07, 6.45) is 2.25. The van der Waals surface area contributed by atoms with Gasteiger partial charge in [-0.3, -0.25) is 4.90 Å². The normalized spacial score (nSPS) is 10.2. The monoisotopic (exact) mass is 263 g/mol. The molecule has 0 fully saturated rings. The summed E-state index contributed by atoms with van der Waals surface area (Å²) < 4.78 is 18.3. The van der Waals surface area contributed by atoms with Crippen LogP contribution in [0.15, 0.2) is 18.2 Å². The summed E-state index contributed by atoms with van der Waals surface area (Å²) in [5.41, 5.74) is 0.686. The van der Waals surface area contributed by atoms with Gasteiger partial charge in [-0.1, -0.05) is 25.7 Å². The van der Waals surface area contributed by atoms with Crippen molar-refractivity contribution in [1.29, 1.82) is 0 Å². The Morgan fingerprint density at radius 2 is 1.89 bits per heavy atom. The zero-order valence-corrected chi connectivity index (χ0v) is 12.0. The van der Waals surface area contributed by atoms with E-state index in [1.807, 2.05) is 0 Å². The number of rotatable bonds is 6. The predicted molar refractivity (Wildman–Crippen MR) is 76.9 cm³/mol. The van der Waals surface area contributed by atoms with Gasteiger partial charge in [0.05, 0.1) is 13.7 Å². The van der Waals surface area contributed by atoms with E-state index in [2.05, 4.69) is 30.6 Å². The fraction of sp³-hybridized carbons (Fsp3) is 0.500. The van der Waals surface area contributed by atoms with Crippen molar-refractivity contribution >= 4 is 0 Å². The number of hydrogen-bond acceptors (Lipinski definition) is 2. The molecule has 19 heavy (non-hydrogen) atoms. The third-order valence-electron chi connectivity index (χ3n) is 2.77. The highest BCUT2D eigenvalue weighted by atomic mass is 19.1. The van der Waals surface area contributed by atoms with E-state index in [9.17, 15) is 4.39 Å². The van der Waals surface area contributed by atoms with E-state index in [0.717, 1.165) is 32.5 Å². The Labute approximate surface area is 115 Å². The smallest absolute Gasteiger partial charge is 0.166 e. The van der Waals surface area contributed by atoms with Crippen molar-refractivity contribution in [2.24, 2.45) is 0 Å². The van der Waals surface area contributed by atoms with Crippen LogP contribution in [0.5, 0.6) is 5.75 Å². The third-order valence-corrected chi connectivity index (χ3v) is 2.77. The number of hydrogen-bond donors (Lipinski definition) is 0. The molecule has 104 valence electrons. The Morgan fingerprint density at radius 3 is 2.42 bits per heavy atom. The van der Waals surface area contributed by atoms with Gasteiger partial charge in [-0.25, -0.2) is 4.39 Å². The molecule has 1 aromatic carbocycles. The molecule has 0 saturated heterocycles. The molecule has 0 amide bonds. The second-order valence-electron chi connectivity index (χ2n) is 4.43. The summed E-state index contributed by atoms with van der Waals surface area (Å²) in [7, 11) is 1.46. The molecule has 0 aliphatic carbocycles. The average molecular weight is 263 g/mol. The van der Waals surface area contributed by atoms with Crippen LogP contribution in [0.4, 0.5) is 4.39 Å². The molecule has 0 heterocycles. The maximum absolute atomic E-state index is 13.5. The summed E-state index contributed by atoms with van der Waals surface area (Å²) in [6.45, 7) is 7.16. The maximum atomic E-state index is 13.5. The van der Waals surface area contributed by atoms with Gasteiger partial charge in [0.15, 0.2) is 11.6 Å². The van der Waals surface area contributed by atoms with Crippen LogP contribution >= 0.6 is 0 Å². The molecule has 0 atom stereocenters. The predicted octanol–water partition coefficient (Wildman–Crippen LogP) is 3.31. The van der Waals surface area contributed by atoms with Crippen molar-refractivity contribution < 1.29 is 9.13 Å². The van der Waals surface area contributed by atoms with Crippen LogP contribution in [0.25, 0.3) is 0 Å². The molecule has 0 N–H and O–H groups in total. The highest BCUT2D eigenvalue weighted by molar-refractivity contribution is 5.39. The van der Waals surface area contributed by atoms with Gasteiger partial charge in [0.25, 0.3) is 0 Å². The summed E-state index contributed by atoms with van der Waals surface area (Å²) in [6, 6.07) is 4.80. The Balaban J connectivity index is 2.64. The molecule has 3 heteroatoms. The lowest BCUT2D eigenvalue weighted by Gasteiger charge is -2.17. The largest absolute Gasteiger partial charge is 0.494 e. The van der Waals surface area contributed by atoms with Gasteiger partial charge in [-0.05, 0) is 44.1 Å². The Bertz CT molecular complexity index is 442. The molecule has 0 saturated carbocycles. The fourth-order valence-electron chi connectivity index (χ4n) is 1.90. The van der Waals surface area contributed by atoms with E-state index in [0.29, 0.717) is 5.56 Å². The minimum atomic E-state index is -0.367. The first-order chi connectivity index (χ1) is 9.21. The molecular formula is C16H22FNO. The van der Waals surface area contributed by atoms with E-state index >= 15 is 0 Å². The molecule has 0 radical (unpaired) electrons. The van der Waals surface area contributed by atoms with E-state index in [4.69, 9.17) is 4.74 Å². The van der Waals surface area contributed by atoms with Gasteiger partial charge >= 0.3 is 0 Å². The van der Waals surface area contributed by atoms with Crippen LogP contribution in [0, 0.1) is 17.7 Å². The number of benzene rings is 1. The Hall–Kier alpha value is -1.53. The van der Waals surface area contributed by atoms with Crippen molar-refractivity contribution in [3.8, 4) is 17.6 Å². The van der Waals surface area contributed by atoms with E-state index < -0.39 is 0 Å². The number of methoxy groups -OCH3 is 1. The van der Waals surface area contributed by atoms with Crippen molar-refractivity contribution in [3.05, 3.63) is 29.6 Å². The third kappa shape index (κ3) is 5.32. The maximum Gasteiger partial charge on any atom is 0.166 e. The quantitative estimate of drug-likeness (QED) is 0.730. The van der Waals surface area contributed by atoms with Crippen LogP contribution in [0.1, 0.15) is 32.3 Å². The van der Waals surface area contributed by atoms with Gasteiger partial charge in [0.1, 0.15) is 0 Å². The van der Waals surface area contributed by atoms with Gasteiger partial charge < -0.3 is 4.74 Å². The Kier molecular flexibility index (Phi) is 6.99. The summed E-state index contributed by atoms with van der Waals surface area (Å²) in [4.78, 5) is 2.31. The average Bonchev–Trinajstić information content (AvgIpc) is 2.39. The van der Waals surface area contributed by atoms with Crippen LogP contribution in [0.2, 0.25) is 0 Å². The zero-order chi connectivity index (χ0) is 14.1. The summed E-state index contributed by atoms with van der Waals surface area (Å²) >= 11 is 0. The second kappa shape index (κ2) is 8.55. The van der Waals surface area contributed by atoms with Crippen molar-refractivity contribution in [2.45, 2.75) is 26.7 Å². The van der Waals surface area contributed by atoms with Crippen LogP contribution in [-0.4, -0.2) is 31.6 Å². The lowest BCUT2D eigenvalue weighted by molar-refractivity contribution is 0.308. The van der Waals surface area contributed by atoms with Gasteiger partial charge in [-0.2, -0.15) is 0 Å². The molecule has 0 unspecified atom stereocenters. The van der Waals surface area contributed by atoms with Crippen molar-refractivity contribution in [3.63, 3.8) is 0 Å². The molecule has 0 aliphatic rings. The van der Waals surface area contributed by atoms with Crippen LogP contribution in [-0.2, 0) is 0 Å². The number of ether oxygens (including phenoxy) is 1. The van der Waals surface area contributed by atoms with E-state index in [1.165, 1.54) is 13.2 Å². The standard InChI is InChI=1S/C16H22FNO/c1-4-10-18(11-5-2)12-6-7-14-8-9-16(19-3)15(17)13-14/h8-9,13H,4-5,10-12H2,1-3H3. The fourth-order valence-corrected chi connectivity index (χ4v) is 1.90. The van der Waals surface area contributed by atoms with Crippen molar-refractivity contribution in [1.82, 2.24) is 4.90 Å². The first kappa shape index (κ1) is 15.5. The number of halogens is 1. The molecular weight excluding hydrogens is 241 g/mol. The molecule has 0 bridgehead atoms. The summed E-state index contributed by atoms with van der Waals surface area (Å²) in [5, 5.41) is 0. The van der Waals surface area contributed by atoms with Gasteiger partial charge in [-0.15, -0.1) is 0 Å². The Morgan fingerprint density at radius 1 is 1.21 bits per heavy atom. The lowest BCUT2D eigenvalue weighted by Crippen LogP contribution is -2.25. The second-order valence-corrected chi connectivity index (χ2v) is 4.43. The van der Waals surface area contributed by atoms with Crippen LogP contribution in [0.3, 0.4) is 0 Å². The SMILES string of the molecule is CCCN(CC#Cc1ccc(OC)c(F)c1)CCC. The van der Waals surface area contributed by atoms with Crippen molar-refractivity contribution in [2.75, 3.05) is 26.7 Å².